The number of nitrogens with one attached hydrogen (secondary N) is 2. The van der Waals surface area contributed by atoms with Gasteiger partial charge in [0.25, 0.3) is 5.91 Å². The third-order valence-electron chi connectivity index (χ3n) is 5.67. The average Bonchev–Trinajstić information content (AvgIpc) is 2.82. The van der Waals surface area contributed by atoms with Crippen LogP contribution in [0.4, 0.5) is 4.79 Å². The molecule has 1 heterocycles. The first-order valence-corrected chi connectivity index (χ1v) is 11.1. The maximum Gasteiger partial charge on any atom is 0.317 e. The van der Waals surface area contributed by atoms with E-state index in [0.717, 1.165) is 30.5 Å². The number of likely N-dealkylation sites (tertiary alicyclic amines) is 1. The van der Waals surface area contributed by atoms with E-state index in [1.807, 2.05) is 55.1 Å². The van der Waals surface area contributed by atoms with Crippen molar-refractivity contribution >= 4 is 11.9 Å². The van der Waals surface area contributed by atoms with Crippen LogP contribution in [0, 0.1) is 0 Å². The first-order valence-electron chi connectivity index (χ1n) is 11.1. The Kier molecular flexibility index (Phi) is 7.98. The largest absolute Gasteiger partial charge is 0.497 e. The average molecular weight is 440 g/mol. The van der Waals surface area contributed by atoms with Gasteiger partial charge in [-0.2, -0.15) is 0 Å². The first kappa shape index (κ1) is 23.4. The van der Waals surface area contributed by atoms with Crippen LogP contribution < -0.4 is 20.1 Å². The Morgan fingerprint density at radius 2 is 1.94 bits per heavy atom. The highest BCUT2D eigenvalue weighted by Gasteiger charge is 2.25. The number of benzene rings is 2. The van der Waals surface area contributed by atoms with Crippen LogP contribution >= 0.6 is 0 Å². The van der Waals surface area contributed by atoms with E-state index in [4.69, 9.17) is 9.47 Å². The fourth-order valence-electron chi connectivity index (χ4n) is 3.98. The highest BCUT2D eigenvalue weighted by molar-refractivity contribution is 5.94. The molecule has 1 aliphatic heterocycles. The number of carbonyl (C=O) groups excluding carboxylic acids is 2. The van der Waals surface area contributed by atoms with E-state index in [1.54, 1.807) is 20.3 Å². The summed E-state index contributed by atoms with van der Waals surface area (Å²) in [5.41, 5.74) is 2.57. The minimum Gasteiger partial charge on any atom is -0.497 e. The molecule has 32 heavy (non-hydrogen) atoms. The molecule has 1 atom stereocenters. The summed E-state index contributed by atoms with van der Waals surface area (Å²) >= 11 is 0. The summed E-state index contributed by atoms with van der Waals surface area (Å²) in [6.07, 6.45) is 1.95. The number of rotatable bonds is 7. The zero-order valence-corrected chi connectivity index (χ0v) is 19.3. The van der Waals surface area contributed by atoms with Crippen molar-refractivity contribution in [1.82, 2.24) is 15.5 Å². The summed E-state index contributed by atoms with van der Waals surface area (Å²) in [5.74, 6) is 1.44. The zero-order valence-electron chi connectivity index (χ0n) is 19.3. The van der Waals surface area contributed by atoms with Crippen molar-refractivity contribution in [3.8, 4) is 11.5 Å². The van der Waals surface area contributed by atoms with Gasteiger partial charge in [0.1, 0.15) is 11.5 Å². The molecule has 1 aliphatic rings. The highest BCUT2D eigenvalue weighted by Crippen LogP contribution is 2.28. The van der Waals surface area contributed by atoms with Crippen LogP contribution in [0.25, 0.3) is 0 Å². The van der Waals surface area contributed by atoms with Gasteiger partial charge in [0.15, 0.2) is 0 Å². The SMILES string of the molecule is COc1ccc(CNC(=O)c2cccc([C@@H]3CCCN(C(=O)NC(C)C)C3)c2)c(OC)c1. The molecule has 1 saturated heterocycles. The van der Waals surface area contributed by atoms with Crippen LogP contribution in [0.15, 0.2) is 42.5 Å². The van der Waals surface area contributed by atoms with E-state index in [-0.39, 0.29) is 23.9 Å². The van der Waals surface area contributed by atoms with Crippen molar-refractivity contribution in [3.63, 3.8) is 0 Å². The summed E-state index contributed by atoms with van der Waals surface area (Å²) in [6.45, 7) is 5.69. The number of ether oxygens (including phenoxy) is 2. The van der Waals surface area contributed by atoms with Crippen molar-refractivity contribution in [2.45, 2.75) is 45.2 Å². The third kappa shape index (κ3) is 5.93. The van der Waals surface area contributed by atoms with Crippen LogP contribution in [0.2, 0.25) is 0 Å². The second kappa shape index (κ2) is 10.9. The Morgan fingerprint density at radius 1 is 1.12 bits per heavy atom. The minimum absolute atomic E-state index is 0.0213. The zero-order chi connectivity index (χ0) is 23.1. The van der Waals surface area contributed by atoms with Gasteiger partial charge in [0, 0.05) is 48.8 Å². The normalized spacial score (nSPS) is 15.9. The molecule has 0 aromatic heterocycles. The summed E-state index contributed by atoms with van der Waals surface area (Å²) in [6, 6.07) is 13.3. The summed E-state index contributed by atoms with van der Waals surface area (Å²) in [5, 5.41) is 5.94. The summed E-state index contributed by atoms with van der Waals surface area (Å²) in [4.78, 5) is 27.1. The number of hydrogen-bond donors (Lipinski definition) is 2. The van der Waals surface area contributed by atoms with Crippen LogP contribution in [0.1, 0.15) is 54.1 Å². The number of hydrogen-bond acceptors (Lipinski definition) is 4. The number of piperidine rings is 1. The summed E-state index contributed by atoms with van der Waals surface area (Å²) in [7, 11) is 3.20. The van der Waals surface area contributed by atoms with Crippen molar-refractivity contribution in [1.29, 1.82) is 0 Å². The molecule has 2 N–H and O–H groups in total. The molecule has 0 aliphatic carbocycles. The quantitative estimate of drug-likeness (QED) is 0.685. The van der Waals surface area contributed by atoms with Gasteiger partial charge in [-0.05, 0) is 56.5 Å². The molecule has 2 aromatic rings. The number of methoxy groups -OCH3 is 2. The lowest BCUT2D eigenvalue weighted by molar-refractivity contribution is 0.0950. The van der Waals surface area contributed by atoms with Gasteiger partial charge < -0.3 is 25.0 Å². The molecule has 3 rings (SSSR count). The summed E-state index contributed by atoms with van der Waals surface area (Å²) < 4.78 is 10.6. The van der Waals surface area contributed by atoms with Crippen molar-refractivity contribution in [3.05, 3.63) is 59.2 Å². The molecular formula is C25H33N3O4. The molecule has 0 unspecified atom stereocenters. The molecule has 0 bridgehead atoms. The molecular weight excluding hydrogens is 406 g/mol. The molecule has 7 nitrogen and oxygen atoms in total. The van der Waals surface area contributed by atoms with Crippen molar-refractivity contribution in [2.24, 2.45) is 0 Å². The molecule has 0 radical (unpaired) electrons. The van der Waals surface area contributed by atoms with E-state index in [2.05, 4.69) is 10.6 Å². The first-order chi connectivity index (χ1) is 15.4. The van der Waals surface area contributed by atoms with E-state index in [0.29, 0.717) is 30.2 Å². The Balaban J connectivity index is 1.65. The molecule has 0 saturated carbocycles. The second-order valence-electron chi connectivity index (χ2n) is 8.38. The van der Waals surface area contributed by atoms with E-state index >= 15 is 0 Å². The van der Waals surface area contributed by atoms with Crippen LogP contribution in [0.5, 0.6) is 11.5 Å². The van der Waals surface area contributed by atoms with Crippen molar-refractivity contribution in [2.75, 3.05) is 27.3 Å². The lowest BCUT2D eigenvalue weighted by Crippen LogP contribution is -2.47. The fraction of sp³-hybridized carbons (Fsp3) is 0.440. The fourth-order valence-corrected chi connectivity index (χ4v) is 3.98. The van der Waals surface area contributed by atoms with Crippen LogP contribution in [0.3, 0.4) is 0 Å². The topological polar surface area (TPSA) is 79.9 Å². The minimum atomic E-state index is -0.144. The van der Waals surface area contributed by atoms with Crippen LogP contribution in [-0.2, 0) is 6.54 Å². The molecule has 3 amide bonds. The monoisotopic (exact) mass is 439 g/mol. The van der Waals surface area contributed by atoms with Crippen LogP contribution in [-0.4, -0.2) is 50.2 Å². The molecule has 2 aromatic carbocycles. The number of amides is 3. The van der Waals surface area contributed by atoms with E-state index < -0.39 is 0 Å². The molecule has 1 fully saturated rings. The standard InChI is InChI=1S/C25H33N3O4/c1-17(2)27-25(30)28-12-6-9-21(16-28)18-7-5-8-19(13-18)24(29)26-15-20-10-11-22(31-3)14-23(20)32-4/h5,7-8,10-11,13-14,17,21H,6,9,12,15-16H2,1-4H3,(H,26,29)(H,27,30)/t21-/m1/s1. The Hall–Kier alpha value is -3.22. The Bertz CT molecular complexity index is 945. The lowest BCUT2D eigenvalue weighted by Gasteiger charge is -2.33. The molecule has 0 spiro atoms. The molecule has 7 heteroatoms. The van der Waals surface area contributed by atoms with Gasteiger partial charge in [-0.3, -0.25) is 4.79 Å². The van der Waals surface area contributed by atoms with Gasteiger partial charge >= 0.3 is 6.03 Å². The number of nitrogens with zero attached hydrogens (tertiary/aromatic N) is 1. The maximum atomic E-state index is 12.8. The predicted octanol–water partition coefficient (Wildman–Crippen LogP) is 3.93. The van der Waals surface area contributed by atoms with E-state index in [9.17, 15) is 9.59 Å². The number of carbonyl (C=O) groups is 2. The number of urea groups is 1. The molecule has 172 valence electrons. The highest BCUT2D eigenvalue weighted by atomic mass is 16.5. The van der Waals surface area contributed by atoms with Gasteiger partial charge in [0.05, 0.1) is 14.2 Å². The Morgan fingerprint density at radius 3 is 2.66 bits per heavy atom. The maximum absolute atomic E-state index is 12.8. The lowest BCUT2D eigenvalue weighted by atomic mass is 9.89. The van der Waals surface area contributed by atoms with E-state index in [1.165, 1.54) is 0 Å². The van der Waals surface area contributed by atoms with Gasteiger partial charge in [-0.1, -0.05) is 12.1 Å². The smallest absolute Gasteiger partial charge is 0.317 e. The Labute approximate surface area is 190 Å². The van der Waals surface area contributed by atoms with Gasteiger partial charge in [-0.25, -0.2) is 4.79 Å². The van der Waals surface area contributed by atoms with Gasteiger partial charge in [0.2, 0.25) is 0 Å². The van der Waals surface area contributed by atoms with Crippen molar-refractivity contribution < 1.29 is 19.1 Å². The van der Waals surface area contributed by atoms with Gasteiger partial charge in [-0.15, -0.1) is 0 Å². The predicted molar refractivity (Wildman–Crippen MR) is 124 cm³/mol. The third-order valence-corrected chi connectivity index (χ3v) is 5.67. The second-order valence-corrected chi connectivity index (χ2v) is 8.38.